The summed E-state index contributed by atoms with van der Waals surface area (Å²) in [5.41, 5.74) is 0.646. The number of carbonyl (C=O) groups excluding carboxylic acids is 3. The molecule has 1 N–H and O–H groups in total. The predicted octanol–water partition coefficient (Wildman–Crippen LogP) is 5.28. The zero-order valence-corrected chi connectivity index (χ0v) is 27.2. The van der Waals surface area contributed by atoms with E-state index in [4.69, 9.17) is 49.0 Å². The number of benzene rings is 2. The molecule has 0 aliphatic carbocycles. The van der Waals surface area contributed by atoms with E-state index in [0.717, 1.165) is 19.3 Å². The minimum atomic E-state index is -0.828. The molecule has 2 aromatic carbocycles. The molecule has 12 nitrogen and oxygen atoms in total. The van der Waals surface area contributed by atoms with Crippen molar-refractivity contribution in [1.29, 1.82) is 0 Å². The lowest BCUT2D eigenvalue weighted by atomic mass is 10.0. The van der Waals surface area contributed by atoms with Crippen LogP contribution >= 0.6 is 46.6 Å². The molecular formula is C29H29Cl3N6O6S. The Labute approximate surface area is 278 Å². The Morgan fingerprint density at radius 1 is 1.04 bits per heavy atom. The molecule has 1 aromatic heterocycles. The summed E-state index contributed by atoms with van der Waals surface area (Å²) in [7, 11) is 0. The van der Waals surface area contributed by atoms with Crippen LogP contribution < -0.4 is 14.8 Å². The van der Waals surface area contributed by atoms with Crippen molar-refractivity contribution in [2.75, 3.05) is 19.0 Å². The van der Waals surface area contributed by atoms with Crippen molar-refractivity contribution in [2.45, 2.75) is 50.6 Å². The molecule has 238 valence electrons. The number of aromatic nitrogens is 4. The number of rotatable bonds is 14. The van der Waals surface area contributed by atoms with E-state index in [1.807, 2.05) is 0 Å². The maximum Gasteiger partial charge on any atom is 0.355 e. The Bertz CT molecular complexity index is 1590. The highest BCUT2D eigenvalue weighted by Crippen LogP contribution is 2.42. The monoisotopic (exact) mass is 694 g/mol. The Balaban J connectivity index is 1.34. The highest BCUT2D eigenvalue weighted by Gasteiger charge is 2.54. The van der Waals surface area contributed by atoms with E-state index in [9.17, 15) is 14.4 Å². The van der Waals surface area contributed by atoms with Crippen LogP contribution in [-0.4, -0.2) is 73.3 Å². The summed E-state index contributed by atoms with van der Waals surface area (Å²) >= 11 is 20.0. The van der Waals surface area contributed by atoms with Crippen molar-refractivity contribution in [3.63, 3.8) is 0 Å². The highest BCUT2D eigenvalue weighted by atomic mass is 35.5. The third kappa shape index (κ3) is 8.01. The number of nitrogens with zero attached hydrogens (tertiary/aromatic N) is 5. The minimum absolute atomic E-state index is 0.0643. The summed E-state index contributed by atoms with van der Waals surface area (Å²) in [6.07, 6.45) is 5.00. The number of unbranched alkanes of at least 4 members (excludes halogenated alkanes) is 3. The largest absolute Gasteiger partial charge is 0.485 e. The van der Waals surface area contributed by atoms with Gasteiger partial charge in [-0.05, 0) is 47.2 Å². The van der Waals surface area contributed by atoms with E-state index in [0.29, 0.717) is 50.1 Å². The van der Waals surface area contributed by atoms with E-state index >= 15 is 0 Å². The summed E-state index contributed by atoms with van der Waals surface area (Å²) < 4.78 is 19.0. The van der Waals surface area contributed by atoms with E-state index < -0.39 is 29.2 Å². The zero-order valence-electron chi connectivity index (χ0n) is 24.1. The first-order chi connectivity index (χ1) is 21.7. The predicted molar refractivity (Wildman–Crippen MR) is 168 cm³/mol. The van der Waals surface area contributed by atoms with Crippen LogP contribution in [0.1, 0.15) is 32.6 Å². The first kappa shape index (κ1) is 32.9. The SMILES string of the molecule is CCCCCCOC(=O)C1=C(COc2cc(Cl)ccc2Oc2ccc(Cl)cc2Cl)CSC2[C@H](NC(=O)Cn3cnnn3)C(=O)N12. The second-order valence-corrected chi connectivity index (χ2v) is 12.6. The molecule has 0 bridgehead atoms. The number of hydrogen-bond acceptors (Lipinski definition) is 10. The van der Waals surface area contributed by atoms with Crippen LogP contribution in [0.25, 0.3) is 0 Å². The topological polar surface area (TPSA) is 138 Å². The normalized spacial score (nSPS) is 17.4. The zero-order chi connectivity index (χ0) is 31.9. The summed E-state index contributed by atoms with van der Waals surface area (Å²) in [5, 5.41) is 14.1. The third-order valence-electron chi connectivity index (χ3n) is 6.91. The number of halogens is 3. The lowest BCUT2D eigenvalue weighted by Gasteiger charge is -2.49. The van der Waals surface area contributed by atoms with Gasteiger partial charge in [0.1, 0.15) is 42.3 Å². The van der Waals surface area contributed by atoms with Gasteiger partial charge in [-0.1, -0.05) is 61.0 Å². The van der Waals surface area contributed by atoms with Gasteiger partial charge >= 0.3 is 5.97 Å². The molecule has 1 unspecified atom stereocenters. The molecule has 2 atom stereocenters. The fourth-order valence-electron chi connectivity index (χ4n) is 4.68. The van der Waals surface area contributed by atoms with Crippen LogP contribution in [0.3, 0.4) is 0 Å². The Morgan fingerprint density at radius 3 is 2.56 bits per heavy atom. The van der Waals surface area contributed by atoms with E-state index in [1.165, 1.54) is 27.7 Å². The minimum Gasteiger partial charge on any atom is -0.485 e. The van der Waals surface area contributed by atoms with Crippen LogP contribution in [0.2, 0.25) is 15.1 Å². The van der Waals surface area contributed by atoms with Gasteiger partial charge < -0.3 is 19.5 Å². The molecule has 16 heteroatoms. The molecule has 0 spiro atoms. The fourth-order valence-corrected chi connectivity index (χ4v) is 6.62. The number of amides is 2. The summed E-state index contributed by atoms with van der Waals surface area (Å²) in [6.45, 7) is 2.10. The Kier molecular flexibility index (Phi) is 11.1. The molecular weight excluding hydrogens is 667 g/mol. The first-order valence-corrected chi connectivity index (χ1v) is 16.3. The number of thioether (sulfide) groups is 1. The molecule has 2 aliphatic rings. The summed E-state index contributed by atoms with van der Waals surface area (Å²) in [5.74, 6) is -0.175. The van der Waals surface area contributed by atoms with Gasteiger partial charge in [0.15, 0.2) is 11.5 Å². The van der Waals surface area contributed by atoms with Crippen molar-refractivity contribution in [3.8, 4) is 17.2 Å². The van der Waals surface area contributed by atoms with Crippen molar-refractivity contribution in [2.24, 2.45) is 0 Å². The fraction of sp³-hybridized carbons (Fsp3) is 0.379. The quantitative estimate of drug-likeness (QED) is 0.135. The van der Waals surface area contributed by atoms with Crippen molar-refractivity contribution in [3.05, 3.63) is 69.1 Å². The molecule has 2 amide bonds. The average Bonchev–Trinajstić information content (AvgIpc) is 3.53. The maximum atomic E-state index is 13.4. The Hall–Kier alpha value is -3.52. The number of β-lactam (4-membered cyclic amide) rings is 1. The molecule has 1 fully saturated rings. The number of nitrogens with one attached hydrogen (secondary N) is 1. The summed E-state index contributed by atoms with van der Waals surface area (Å²) in [4.78, 5) is 40.7. The van der Waals surface area contributed by atoms with Gasteiger partial charge in [-0.15, -0.1) is 16.9 Å². The maximum absolute atomic E-state index is 13.4. The molecule has 1 saturated heterocycles. The Morgan fingerprint density at radius 2 is 1.82 bits per heavy atom. The second-order valence-electron chi connectivity index (χ2n) is 10.2. The number of hydrogen-bond donors (Lipinski definition) is 1. The highest BCUT2D eigenvalue weighted by molar-refractivity contribution is 8.00. The van der Waals surface area contributed by atoms with Crippen LogP contribution in [0.15, 0.2) is 54.0 Å². The standard InChI is InChI=1S/C29H29Cl3N6O6S/c1-2-3-4-5-10-42-29(41)26-17(15-45-28-25(27(40)38(26)28)34-24(39)13-37-16-33-35-36-37)14-43-23-12-19(31)7-9-22(23)44-21-8-6-18(30)11-20(21)32/h6-9,11-12,16,25,28H,2-5,10,13-15H2,1H3,(H,34,39)/t25-,28?/m1/s1. The van der Waals surface area contributed by atoms with Crippen LogP contribution in [0, 0.1) is 0 Å². The number of fused-ring (bicyclic) bond motifs is 1. The molecule has 3 heterocycles. The number of ether oxygens (including phenoxy) is 3. The van der Waals surface area contributed by atoms with Gasteiger partial charge in [0.05, 0.1) is 11.6 Å². The second kappa shape index (κ2) is 15.2. The molecule has 45 heavy (non-hydrogen) atoms. The molecule has 0 saturated carbocycles. The van der Waals surface area contributed by atoms with Gasteiger partial charge in [-0.25, -0.2) is 9.48 Å². The van der Waals surface area contributed by atoms with E-state index in [2.05, 4.69) is 27.8 Å². The first-order valence-electron chi connectivity index (χ1n) is 14.1. The summed E-state index contributed by atoms with van der Waals surface area (Å²) in [6, 6.07) is 8.86. The number of tetrazole rings is 1. The van der Waals surface area contributed by atoms with E-state index in [-0.39, 0.29) is 25.5 Å². The van der Waals surface area contributed by atoms with Gasteiger partial charge in [-0.3, -0.25) is 14.5 Å². The van der Waals surface area contributed by atoms with Crippen LogP contribution in [0.4, 0.5) is 0 Å². The third-order valence-corrected chi connectivity index (χ3v) is 9.01. The molecule has 0 radical (unpaired) electrons. The van der Waals surface area contributed by atoms with Gasteiger partial charge in [0.25, 0.3) is 5.91 Å². The number of esters is 1. The molecule has 2 aliphatic heterocycles. The van der Waals surface area contributed by atoms with E-state index in [1.54, 1.807) is 36.4 Å². The smallest absolute Gasteiger partial charge is 0.355 e. The van der Waals surface area contributed by atoms with Crippen molar-refractivity contribution in [1.82, 2.24) is 30.4 Å². The van der Waals surface area contributed by atoms with Crippen LogP contribution in [-0.2, 0) is 25.7 Å². The van der Waals surface area contributed by atoms with Crippen molar-refractivity contribution >= 4 is 64.3 Å². The van der Waals surface area contributed by atoms with Gasteiger partial charge in [0, 0.05) is 27.4 Å². The van der Waals surface area contributed by atoms with Crippen molar-refractivity contribution < 1.29 is 28.6 Å². The van der Waals surface area contributed by atoms with Gasteiger partial charge in [0.2, 0.25) is 5.91 Å². The average molecular weight is 696 g/mol. The molecule has 3 aromatic rings. The van der Waals surface area contributed by atoms with Gasteiger partial charge in [-0.2, -0.15) is 0 Å². The lowest BCUT2D eigenvalue weighted by molar-refractivity contribution is -0.153. The lowest BCUT2D eigenvalue weighted by Crippen LogP contribution is -2.71. The number of carbonyl (C=O) groups is 3. The molecule has 5 rings (SSSR count). The van der Waals surface area contributed by atoms with Crippen LogP contribution in [0.5, 0.6) is 17.2 Å².